The molecule has 0 amide bonds. The minimum absolute atomic E-state index is 0.101. The van der Waals surface area contributed by atoms with Crippen LogP contribution in [-0.2, 0) is 18.5 Å². The lowest BCUT2D eigenvalue weighted by Gasteiger charge is -2.26. The fourth-order valence-electron chi connectivity index (χ4n) is 4.86. The van der Waals surface area contributed by atoms with Gasteiger partial charge in [0.1, 0.15) is 5.75 Å². The fourth-order valence-corrected chi connectivity index (χ4v) is 4.86. The molecule has 0 radical (unpaired) electrons. The first kappa shape index (κ1) is 18.1. The molecule has 0 bridgehead atoms. The quantitative estimate of drug-likeness (QED) is 0.670. The van der Waals surface area contributed by atoms with Crippen LogP contribution in [0.2, 0.25) is 0 Å². The summed E-state index contributed by atoms with van der Waals surface area (Å²) in [5.41, 5.74) is 5.02. The second-order valence-corrected chi connectivity index (χ2v) is 8.14. The first-order chi connectivity index (χ1) is 14.3. The number of hydrogen-bond donors (Lipinski definition) is 0. The van der Waals surface area contributed by atoms with Gasteiger partial charge in [-0.25, -0.2) is 0 Å². The number of benzene rings is 1. The van der Waals surface area contributed by atoms with Crippen molar-refractivity contribution in [3.8, 4) is 5.75 Å². The molecule has 1 aromatic carbocycles. The monoisotopic (exact) mass is 386 g/mol. The van der Waals surface area contributed by atoms with Gasteiger partial charge in [-0.05, 0) is 54.9 Å². The molecule has 5 nitrogen and oxygen atoms in total. The predicted molar refractivity (Wildman–Crippen MR) is 114 cm³/mol. The van der Waals surface area contributed by atoms with Gasteiger partial charge in [0.25, 0.3) is 0 Å². The van der Waals surface area contributed by atoms with Crippen LogP contribution in [0.15, 0.2) is 67.0 Å². The molecule has 0 unspecified atom stereocenters. The van der Waals surface area contributed by atoms with Crippen molar-refractivity contribution in [1.29, 1.82) is 0 Å². The van der Waals surface area contributed by atoms with Crippen molar-refractivity contribution in [1.82, 2.24) is 14.9 Å². The zero-order chi connectivity index (χ0) is 19.7. The summed E-state index contributed by atoms with van der Waals surface area (Å²) < 4.78 is 5.39. The Kier molecular flexibility index (Phi) is 4.68. The Balaban J connectivity index is 1.36. The highest BCUT2D eigenvalue weighted by molar-refractivity contribution is 5.60. The Labute approximate surface area is 172 Å². The van der Waals surface area contributed by atoms with Crippen molar-refractivity contribution >= 4 is 5.69 Å². The normalized spacial score (nSPS) is 20.9. The van der Waals surface area contributed by atoms with Gasteiger partial charge in [0.2, 0.25) is 0 Å². The largest absolute Gasteiger partial charge is 0.497 e. The van der Waals surface area contributed by atoms with Crippen molar-refractivity contribution in [2.45, 2.75) is 24.9 Å². The van der Waals surface area contributed by atoms with E-state index in [0.29, 0.717) is 0 Å². The Morgan fingerprint density at radius 2 is 1.90 bits per heavy atom. The zero-order valence-electron chi connectivity index (χ0n) is 16.8. The highest BCUT2D eigenvalue weighted by atomic mass is 16.5. The standard InChI is InChI=1S/C24H26N4O/c1-29-21-8-4-6-19(14-21)15-27-13-10-24(17-27)18-28(16-20-7-2-3-11-25-20)22-9-5-12-26-23(22)24/h2-9,11-12,14H,10,13,15-18H2,1H3/t24-/m0/s1. The van der Waals surface area contributed by atoms with E-state index in [4.69, 9.17) is 9.72 Å². The maximum absolute atomic E-state index is 5.39. The molecule has 3 aromatic rings. The number of methoxy groups -OCH3 is 1. The molecule has 0 saturated carbocycles. The minimum atomic E-state index is 0.101. The van der Waals surface area contributed by atoms with E-state index in [1.165, 1.54) is 16.9 Å². The molecule has 1 saturated heterocycles. The lowest BCUT2D eigenvalue weighted by atomic mass is 9.85. The molecule has 0 N–H and O–H groups in total. The number of likely N-dealkylation sites (tertiary alicyclic amines) is 1. The third kappa shape index (κ3) is 3.47. The summed E-state index contributed by atoms with van der Waals surface area (Å²) in [6, 6.07) is 18.8. The second kappa shape index (κ2) is 7.48. The van der Waals surface area contributed by atoms with Crippen LogP contribution in [0.5, 0.6) is 5.75 Å². The molecule has 2 aliphatic heterocycles. The number of aromatic nitrogens is 2. The molecule has 5 rings (SSSR count). The number of rotatable bonds is 5. The van der Waals surface area contributed by atoms with Crippen LogP contribution in [0.1, 0.15) is 23.4 Å². The van der Waals surface area contributed by atoms with Gasteiger partial charge in [0, 0.05) is 37.4 Å². The molecule has 4 heterocycles. The van der Waals surface area contributed by atoms with Crippen LogP contribution in [0.4, 0.5) is 5.69 Å². The molecule has 0 aliphatic carbocycles. The molecule has 2 aromatic heterocycles. The van der Waals surface area contributed by atoms with Crippen molar-refractivity contribution in [2.24, 2.45) is 0 Å². The maximum Gasteiger partial charge on any atom is 0.119 e. The summed E-state index contributed by atoms with van der Waals surface area (Å²) in [4.78, 5) is 14.4. The van der Waals surface area contributed by atoms with Gasteiger partial charge in [-0.1, -0.05) is 18.2 Å². The molecule has 1 fully saturated rings. The summed E-state index contributed by atoms with van der Waals surface area (Å²) in [5.74, 6) is 0.922. The smallest absolute Gasteiger partial charge is 0.119 e. The van der Waals surface area contributed by atoms with Crippen molar-refractivity contribution < 1.29 is 4.74 Å². The second-order valence-electron chi connectivity index (χ2n) is 8.14. The van der Waals surface area contributed by atoms with Crippen molar-refractivity contribution in [2.75, 3.05) is 31.6 Å². The van der Waals surface area contributed by atoms with Crippen LogP contribution >= 0.6 is 0 Å². The average molecular weight is 386 g/mol. The van der Waals surface area contributed by atoms with Crippen LogP contribution < -0.4 is 9.64 Å². The van der Waals surface area contributed by atoms with E-state index in [2.05, 4.69) is 51.2 Å². The van der Waals surface area contributed by atoms with E-state index in [1.807, 2.05) is 30.6 Å². The summed E-state index contributed by atoms with van der Waals surface area (Å²) in [7, 11) is 1.72. The van der Waals surface area contributed by atoms with Gasteiger partial charge in [0.05, 0.1) is 30.7 Å². The Morgan fingerprint density at radius 3 is 2.76 bits per heavy atom. The van der Waals surface area contributed by atoms with Crippen molar-refractivity contribution in [3.05, 3.63) is 83.9 Å². The number of ether oxygens (including phenoxy) is 1. The third-order valence-corrected chi connectivity index (χ3v) is 6.18. The number of hydrogen-bond acceptors (Lipinski definition) is 5. The first-order valence-electron chi connectivity index (χ1n) is 10.2. The Morgan fingerprint density at radius 1 is 0.966 bits per heavy atom. The van der Waals surface area contributed by atoms with E-state index in [0.717, 1.165) is 50.6 Å². The maximum atomic E-state index is 5.39. The summed E-state index contributed by atoms with van der Waals surface area (Å²) in [6.07, 6.45) is 4.95. The van der Waals surface area contributed by atoms with Gasteiger partial charge in [-0.3, -0.25) is 14.9 Å². The predicted octanol–water partition coefficient (Wildman–Crippen LogP) is 3.65. The number of pyridine rings is 2. The average Bonchev–Trinajstić information content (AvgIpc) is 3.30. The summed E-state index contributed by atoms with van der Waals surface area (Å²) >= 11 is 0. The zero-order valence-corrected chi connectivity index (χ0v) is 16.8. The molecule has 148 valence electrons. The van der Waals surface area contributed by atoms with E-state index in [1.54, 1.807) is 7.11 Å². The third-order valence-electron chi connectivity index (χ3n) is 6.18. The van der Waals surface area contributed by atoms with Crippen LogP contribution in [-0.4, -0.2) is 41.6 Å². The molecule has 2 aliphatic rings. The SMILES string of the molecule is COc1cccc(CN2CC[C@]3(C2)CN(Cc2ccccn2)c2cccnc23)c1. The van der Waals surface area contributed by atoms with E-state index in [9.17, 15) is 0 Å². The van der Waals surface area contributed by atoms with Gasteiger partial charge < -0.3 is 9.64 Å². The number of fused-ring (bicyclic) bond motifs is 2. The number of nitrogens with zero attached hydrogens (tertiary/aromatic N) is 4. The summed E-state index contributed by atoms with van der Waals surface area (Å²) in [5, 5.41) is 0. The molecule has 1 spiro atoms. The van der Waals surface area contributed by atoms with Crippen LogP contribution in [0, 0.1) is 0 Å². The summed E-state index contributed by atoms with van der Waals surface area (Å²) in [6.45, 7) is 4.90. The Hall–Kier alpha value is -2.92. The van der Waals surface area contributed by atoms with E-state index in [-0.39, 0.29) is 5.41 Å². The lowest BCUT2D eigenvalue weighted by molar-refractivity contribution is 0.304. The molecule has 29 heavy (non-hydrogen) atoms. The van der Waals surface area contributed by atoms with E-state index < -0.39 is 0 Å². The lowest BCUT2D eigenvalue weighted by Crippen LogP contribution is -2.36. The van der Waals surface area contributed by atoms with E-state index >= 15 is 0 Å². The van der Waals surface area contributed by atoms with Crippen LogP contribution in [0.25, 0.3) is 0 Å². The van der Waals surface area contributed by atoms with Gasteiger partial charge in [-0.15, -0.1) is 0 Å². The topological polar surface area (TPSA) is 41.5 Å². The first-order valence-corrected chi connectivity index (χ1v) is 10.2. The van der Waals surface area contributed by atoms with Crippen molar-refractivity contribution in [3.63, 3.8) is 0 Å². The highest BCUT2D eigenvalue weighted by Crippen LogP contribution is 2.45. The van der Waals surface area contributed by atoms with Crippen LogP contribution in [0.3, 0.4) is 0 Å². The van der Waals surface area contributed by atoms with Gasteiger partial charge in [-0.2, -0.15) is 0 Å². The molecule has 1 atom stereocenters. The fraction of sp³-hybridized carbons (Fsp3) is 0.333. The molecular formula is C24H26N4O. The highest BCUT2D eigenvalue weighted by Gasteiger charge is 2.48. The number of anilines is 1. The van der Waals surface area contributed by atoms with Gasteiger partial charge >= 0.3 is 0 Å². The minimum Gasteiger partial charge on any atom is -0.497 e. The molecule has 5 heteroatoms. The Bertz CT molecular complexity index is 993. The molecular weight excluding hydrogens is 360 g/mol. The van der Waals surface area contributed by atoms with Gasteiger partial charge in [0.15, 0.2) is 0 Å².